The fourth-order valence-corrected chi connectivity index (χ4v) is 5.13. The van der Waals surface area contributed by atoms with Crippen molar-refractivity contribution in [2.45, 2.75) is 17.7 Å². The largest absolute Gasteiger partial charge is 0.326 e. The van der Waals surface area contributed by atoms with Crippen LogP contribution in [0.3, 0.4) is 0 Å². The van der Waals surface area contributed by atoms with Crippen LogP contribution in [0.5, 0.6) is 0 Å². The van der Waals surface area contributed by atoms with E-state index in [4.69, 9.17) is 0 Å². The molecule has 0 atom stereocenters. The molecule has 1 heterocycles. The highest BCUT2D eigenvalue weighted by atomic mass is 32.2. The van der Waals surface area contributed by atoms with Gasteiger partial charge >= 0.3 is 0 Å². The Bertz CT molecular complexity index is 934. The molecule has 2 aromatic rings. The van der Waals surface area contributed by atoms with E-state index in [1.165, 1.54) is 22.1 Å². The minimum absolute atomic E-state index is 0.154. The quantitative estimate of drug-likeness (QED) is 0.736. The monoisotopic (exact) mass is 412 g/mol. The summed E-state index contributed by atoms with van der Waals surface area (Å²) >= 11 is 1.26. The highest BCUT2D eigenvalue weighted by Gasteiger charge is 2.28. The van der Waals surface area contributed by atoms with Gasteiger partial charge < -0.3 is 5.32 Å². The van der Waals surface area contributed by atoms with Gasteiger partial charge in [-0.3, -0.25) is 9.10 Å². The lowest BCUT2D eigenvalue weighted by Gasteiger charge is -2.17. The normalized spacial score (nSPS) is 15.7. The molecule has 144 valence electrons. The second kappa shape index (κ2) is 8.26. The SMILES string of the molecule is O=C(CCSc1ccc(F)c(F)c1)Nc1ccc(N2CCCS2(=O)=O)cc1. The lowest BCUT2D eigenvalue weighted by atomic mass is 10.2. The van der Waals surface area contributed by atoms with Crippen LogP contribution in [0.15, 0.2) is 47.4 Å². The molecule has 1 fully saturated rings. The number of nitrogens with one attached hydrogen (secondary N) is 1. The van der Waals surface area contributed by atoms with E-state index in [9.17, 15) is 22.0 Å². The third-order valence-electron chi connectivity index (χ3n) is 4.03. The zero-order valence-electron chi connectivity index (χ0n) is 14.3. The first-order chi connectivity index (χ1) is 12.8. The molecule has 9 heteroatoms. The zero-order chi connectivity index (χ0) is 19.4. The van der Waals surface area contributed by atoms with E-state index in [0.717, 1.165) is 12.1 Å². The predicted octanol–water partition coefficient (Wildman–Crippen LogP) is 3.63. The van der Waals surface area contributed by atoms with E-state index in [0.29, 0.717) is 35.0 Å². The van der Waals surface area contributed by atoms with Crippen LogP contribution in [-0.4, -0.2) is 32.4 Å². The van der Waals surface area contributed by atoms with Gasteiger partial charge in [0.1, 0.15) is 0 Å². The van der Waals surface area contributed by atoms with Crippen LogP contribution in [-0.2, 0) is 14.8 Å². The van der Waals surface area contributed by atoms with Crippen molar-refractivity contribution in [3.8, 4) is 0 Å². The minimum atomic E-state index is -3.23. The lowest BCUT2D eigenvalue weighted by molar-refractivity contribution is -0.115. The van der Waals surface area contributed by atoms with Crippen molar-refractivity contribution < 1.29 is 22.0 Å². The minimum Gasteiger partial charge on any atom is -0.326 e. The third kappa shape index (κ3) is 4.98. The average molecular weight is 412 g/mol. The topological polar surface area (TPSA) is 66.5 Å². The number of anilines is 2. The van der Waals surface area contributed by atoms with E-state index in [1.54, 1.807) is 24.3 Å². The highest BCUT2D eigenvalue weighted by molar-refractivity contribution is 7.99. The van der Waals surface area contributed by atoms with Gasteiger partial charge in [0, 0.05) is 29.3 Å². The molecule has 27 heavy (non-hydrogen) atoms. The fourth-order valence-electron chi connectivity index (χ4n) is 2.69. The Labute approximate surface area is 160 Å². The molecule has 1 N–H and O–H groups in total. The summed E-state index contributed by atoms with van der Waals surface area (Å²) in [6.07, 6.45) is 0.808. The van der Waals surface area contributed by atoms with Gasteiger partial charge in [0.2, 0.25) is 15.9 Å². The van der Waals surface area contributed by atoms with E-state index < -0.39 is 21.7 Å². The summed E-state index contributed by atoms with van der Waals surface area (Å²) < 4.78 is 51.2. The van der Waals surface area contributed by atoms with E-state index in [2.05, 4.69) is 5.32 Å². The highest BCUT2D eigenvalue weighted by Crippen LogP contribution is 2.25. The van der Waals surface area contributed by atoms with Crippen molar-refractivity contribution in [2.75, 3.05) is 27.7 Å². The number of hydrogen-bond acceptors (Lipinski definition) is 4. The molecule has 5 nitrogen and oxygen atoms in total. The Kier molecular flexibility index (Phi) is 6.01. The van der Waals surface area contributed by atoms with Crippen LogP contribution >= 0.6 is 11.8 Å². The average Bonchev–Trinajstić information content (AvgIpc) is 2.98. The number of thioether (sulfide) groups is 1. The van der Waals surface area contributed by atoms with Crippen LogP contribution in [0, 0.1) is 11.6 Å². The van der Waals surface area contributed by atoms with Crippen LogP contribution in [0.2, 0.25) is 0 Å². The standard InChI is InChI=1S/C18H18F2N2O3S2/c19-16-7-6-15(12-17(16)20)26-10-8-18(23)21-13-2-4-14(5-3-13)22-9-1-11-27(22,24)25/h2-7,12H,1,8-11H2,(H,21,23). The molecule has 0 radical (unpaired) electrons. The Hall–Kier alpha value is -2.13. The lowest BCUT2D eigenvalue weighted by Crippen LogP contribution is -2.25. The second-order valence-corrected chi connectivity index (χ2v) is 9.19. The summed E-state index contributed by atoms with van der Waals surface area (Å²) in [5.41, 5.74) is 1.15. The first-order valence-electron chi connectivity index (χ1n) is 8.33. The molecule has 0 spiro atoms. The van der Waals surface area contributed by atoms with Crippen molar-refractivity contribution in [2.24, 2.45) is 0 Å². The van der Waals surface area contributed by atoms with Gasteiger partial charge in [-0.25, -0.2) is 17.2 Å². The molecule has 1 aliphatic heterocycles. The number of hydrogen-bond donors (Lipinski definition) is 1. The number of benzene rings is 2. The van der Waals surface area contributed by atoms with Crippen molar-refractivity contribution in [1.29, 1.82) is 0 Å². The molecule has 0 saturated carbocycles. The number of halogens is 2. The second-order valence-electron chi connectivity index (χ2n) is 6.01. The Morgan fingerprint density at radius 1 is 1.11 bits per heavy atom. The first kappa shape index (κ1) is 19.6. The van der Waals surface area contributed by atoms with Gasteiger partial charge in [-0.15, -0.1) is 11.8 Å². The molecule has 1 aliphatic rings. The number of sulfonamides is 1. The van der Waals surface area contributed by atoms with Crippen LogP contribution in [0.25, 0.3) is 0 Å². The van der Waals surface area contributed by atoms with Gasteiger partial charge in [-0.05, 0) is 48.9 Å². The smallest absolute Gasteiger partial charge is 0.235 e. The zero-order valence-corrected chi connectivity index (χ0v) is 16.0. The Balaban J connectivity index is 1.50. The maximum atomic E-state index is 13.1. The predicted molar refractivity (Wildman–Crippen MR) is 103 cm³/mol. The summed E-state index contributed by atoms with van der Waals surface area (Å²) in [7, 11) is -3.23. The summed E-state index contributed by atoms with van der Waals surface area (Å²) in [4.78, 5) is 12.6. The van der Waals surface area contributed by atoms with Crippen molar-refractivity contribution in [3.05, 3.63) is 54.1 Å². The van der Waals surface area contributed by atoms with Gasteiger partial charge in [0.15, 0.2) is 11.6 Å². The molecule has 1 amide bonds. The summed E-state index contributed by atoms with van der Waals surface area (Å²) in [5.74, 6) is -1.46. The fraction of sp³-hybridized carbons (Fsp3) is 0.278. The number of carbonyl (C=O) groups excluding carboxylic acids is 1. The molecule has 0 aromatic heterocycles. The Morgan fingerprint density at radius 2 is 1.85 bits per heavy atom. The molecule has 0 unspecified atom stereocenters. The number of rotatable bonds is 6. The van der Waals surface area contributed by atoms with E-state index in [-0.39, 0.29) is 18.1 Å². The van der Waals surface area contributed by atoms with E-state index >= 15 is 0 Å². The molecule has 0 aliphatic carbocycles. The molecule has 1 saturated heterocycles. The number of carbonyl (C=O) groups is 1. The van der Waals surface area contributed by atoms with Gasteiger partial charge in [0.05, 0.1) is 11.4 Å². The van der Waals surface area contributed by atoms with Crippen molar-refractivity contribution in [1.82, 2.24) is 0 Å². The molecular weight excluding hydrogens is 394 g/mol. The van der Waals surface area contributed by atoms with Crippen molar-refractivity contribution in [3.63, 3.8) is 0 Å². The molecule has 3 rings (SSSR count). The number of nitrogens with zero attached hydrogens (tertiary/aromatic N) is 1. The third-order valence-corrected chi connectivity index (χ3v) is 6.89. The molecular formula is C18H18F2N2O3S2. The maximum Gasteiger partial charge on any atom is 0.235 e. The van der Waals surface area contributed by atoms with E-state index in [1.807, 2.05) is 0 Å². The van der Waals surface area contributed by atoms with Gasteiger partial charge in [0.25, 0.3) is 0 Å². The summed E-state index contributed by atoms with van der Waals surface area (Å²) in [5, 5.41) is 2.73. The van der Waals surface area contributed by atoms with Gasteiger partial charge in [-0.1, -0.05) is 0 Å². The molecule has 0 bridgehead atoms. The van der Waals surface area contributed by atoms with Crippen molar-refractivity contribution >= 4 is 39.1 Å². The van der Waals surface area contributed by atoms with Crippen LogP contribution < -0.4 is 9.62 Å². The maximum absolute atomic E-state index is 13.1. The van der Waals surface area contributed by atoms with Gasteiger partial charge in [-0.2, -0.15) is 0 Å². The molecule has 2 aromatic carbocycles. The summed E-state index contributed by atoms with van der Waals surface area (Å²) in [6.45, 7) is 0.468. The van der Waals surface area contributed by atoms with Crippen LogP contribution in [0.4, 0.5) is 20.2 Å². The number of amides is 1. The first-order valence-corrected chi connectivity index (χ1v) is 10.9. The summed E-state index contributed by atoms with van der Waals surface area (Å²) in [6, 6.07) is 10.3. The Morgan fingerprint density at radius 3 is 2.48 bits per heavy atom. The van der Waals surface area contributed by atoms with Crippen LogP contribution in [0.1, 0.15) is 12.8 Å².